The molecule has 0 radical (unpaired) electrons. The molecule has 8 aromatic rings. The van der Waals surface area contributed by atoms with E-state index in [1.165, 1.54) is 0 Å². The highest BCUT2D eigenvalue weighted by atomic mass is 16.5. The minimum absolute atomic E-state index is 0.753. The Hall–Kier alpha value is -5.68. The molecule has 0 saturated heterocycles. The van der Waals surface area contributed by atoms with Gasteiger partial charge in [-0.1, -0.05) is 48.5 Å². The number of fused-ring (bicyclic) bond motifs is 6. The molecule has 0 spiro atoms. The molecule has 0 aliphatic carbocycles. The first-order chi connectivity index (χ1) is 21.2. The Kier molecular flexibility index (Phi) is 5.83. The summed E-state index contributed by atoms with van der Waals surface area (Å²) < 4.78 is 22.8. The van der Waals surface area contributed by atoms with Gasteiger partial charge in [0.25, 0.3) is 0 Å². The van der Waals surface area contributed by atoms with Gasteiger partial charge in [-0.3, -0.25) is 0 Å². The fourth-order valence-electron chi connectivity index (χ4n) is 6.35. The first kappa shape index (κ1) is 25.1. The molecule has 2 heterocycles. The molecule has 0 fully saturated rings. The van der Waals surface area contributed by atoms with Crippen LogP contribution in [0.15, 0.2) is 133 Å². The van der Waals surface area contributed by atoms with E-state index in [-0.39, 0.29) is 0 Å². The van der Waals surface area contributed by atoms with Gasteiger partial charge in [0.05, 0.1) is 47.1 Å². The Labute approximate surface area is 248 Å². The molecule has 43 heavy (non-hydrogen) atoms. The van der Waals surface area contributed by atoms with Crippen LogP contribution in [0.3, 0.4) is 0 Å². The van der Waals surface area contributed by atoms with Crippen LogP contribution >= 0.6 is 0 Å². The number of hydrogen-bond donors (Lipinski definition) is 0. The summed E-state index contributed by atoms with van der Waals surface area (Å²) in [4.78, 5) is 0. The molecule has 6 aromatic carbocycles. The number of hydrogen-bond acceptors (Lipinski definition) is 3. The van der Waals surface area contributed by atoms with Crippen LogP contribution in [0.4, 0.5) is 0 Å². The molecule has 0 amide bonds. The van der Waals surface area contributed by atoms with Crippen LogP contribution in [-0.4, -0.2) is 23.4 Å². The van der Waals surface area contributed by atoms with Crippen LogP contribution in [0.5, 0.6) is 23.0 Å². The molecule has 0 aliphatic heterocycles. The van der Waals surface area contributed by atoms with E-state index in [9.17, 15) is 0 Å². The zero-order valence-corrected chi connectivity index (χ0v) is 23.8. The SMILES string of the molecule is COc1cccc2c1c1cc(Oc3ccc4c(c3)c3c(OC)cccc3n4-c3ccccc3)ccc1n2-c1ccccc1. The lowest BCUT2D eigenvalue weighted by Gasteiger charge is -2.10. The van der Waals surface area contributed by atoms with E-state index in [0.717, 1.165) is 78.0 Å². The second-order valence-electron chi connectivity index (χ2n) is 10.5. The predicted octanol–water partition coefficient (Wildman–Crippen LogP) is 9.69. The minimum Gasteiger partial charge on any atom is -0.496 e. The Morgan fingerprint density at radius 1 is 0.419 bits per heavy atom. The molecule has 0 N–H and O–H groups in total. The fourth-order valence-corrected chi connectivity index (χ4v) is 6.35. The largest absolute Gasteiger partial charge is 0.496 e. The van der Waals surface area contributed by atoms with Crippen molar-refractivity contribution in [3.8, 4) is 34.4 Å². The Bertz CT molecular complexity index is 2120. The first-order valence-corrected chi connectivity index (χ1v) is 14.3. The normalized spacial score (nSPS) is 11.5. The van der Waals surface area contributed by atoms with E-state index in [1.54, 1.807) is 14.2 Å². The van der Waals surface area contributed by atoms with Gasteiger partial charge in [0, 0.05) is 22.1 Å². The maximum atomic E-state index is 6.57. The van der Waals surface area contributed by atoms with Crippen LogP contribution in [0.2, 0.25) is 0 Å². The molecule has 0 unspecified atom stereocenters. The van der Waals surface area contributed by atoms with E-state index >= 15 is 0 Å². The van der Waals surface area contributed by atoms with E-state index in [2.05, 4.69) is 94.1 Å². The van der Waals surface area contributed by atoms with Gasteiger partial charge in [-0.25, -0.2) is 0 Å². The van der Waals surface area contributed by atoms with Gasteiger partial charge in [0.1, 0.15) is 23.0 Å². The number of rotatable bonds is 6. The molecule has 0 saturated carbocycles. The maximum Gasteiger partial charge on any atom is 0.128 e. The fraction of sp³-hybridized carbons (Fsp3) is 0.0526. The van der Waals surface area contributed by atoms with Crippen LogP contribution in [0.1, 0.15) is 0 Å². The third kappa shape index (κ3) is 3.93. The van der Waals surface area contributed by atoms with Crippen molar-refractivity contribution >= 4 is 43.6 Å². The molecule has 8 rings (SSSR count). The monoisotopic (exact) mass is 560 g/mol. The molecule has 5 nitrogen and oxygen atoms in total. The van der Waals surface area contributed by atoms with Crippen molar-refractivity contribution in [3.63, 3.8) is 0 Å². The van der Waals surface area contributed by atoms with Gasteiger partial charge in [0.15, 0.2) is 0 Å². The lowest BCUT2D eigenvalue weighted by Crippen LogP contribution is -1.93. The van der Waals surface area contributed by atoms with Crippen molar-refractivity contribution < 1.29 is 14.2 Å². The highest BCUT2D eigenvalue weighted by molar-refractivity contribution is 6.14. The number of methoxy groups -OCH3 is 2. The second-order valence-corrected chi connectivity index (χ2v) is 10.5. The zero-order valence-electron chi connectivity index (χ0n) is 23.8. The summed E-state index contributed by atoms with van der Waals surface area (Å²) in [5.41, 5.74) is 6.53. The van der Waals surface area contributed by atoms with E-state index in [0.29, 0.717) is 0 Å². The summed E-state index contributed by atoms with van der Waals surface area (Å²) in [7, 11) is 3.44. The van der Waals surface area contributed by atoms with Gasteiger partial charge in [0.2, 0.25) is 0 Å². The van der Waals surface area contributed by atoms with Crippen molar-refractivity contribution in [1.29, 1.82) is 0 Å². The number of benzene rings is 6. The van der Waals surface area contributed by atoms with Crippen LogP contribution in [0, 0.1) is 0 Å². The lowest BCUT2D eigenvalue weighted by atomic mass is 10.1. The van der Waals surface area contributed by atoms with E-state index in [1.807, 2.05) is 48.5 Å². The van der Waals surface area contributed by atoms with Gasteiger partial charge in [-0.05, 0) is 84.9 Å². The van der Waals surface area contributed by atoms with Gasteiger partial charge in [-0.15, -0.1) is 0 Å². The predicted molar refractivity (Wildman–Crippen MR) is 175 cm³/mol. The number of aromatic nitrogens is 2. The molecule has 0 bridgehead atoms. The molecule has 5 heteroatoms. The summed E-state index contributed by atoms with van der Waals surface area (Å²) in [5.74, 6) is 3.17. The van der Waals surface area contributed by atoms with E-state index < -0.39 is 0 Å². The topological polar surface area (TPSA) is 37.6 Å². The van der Waals surface area contributed by atoms with Crippen molar-refractivity contribution in [2.24, 2.45) is 0 Å². The summed E-state index contributed by atoms with van der Waals surface area (Å²) in [6.07, 6.45) is 0. The van der Waals surface area contributed by atoms with Gasteiger partial charge < -0.3 is 23.3 Å². The van der Waals surface area contributed by atoms with Crippen molar-refractivity contribution in [3.05, 3.63) is 133 Å². The Morgan fingerprint density at radius 3 is 1.28 bits per heavy atom. The van der Waals surface area contributed by atoms with Gasteiger partial charge in [-0.2, -0.15) is 0 Å². The third-order valence-corrected chi connectivity index (χ3v) is 8.15. The van der Waals surface area contributed by atoms with Crippen LogP contribution in [0.25, 0.3) is 55.0 Å². The van der Waals surface area contributed by atoms with E-state index in [4.69, 9.17) is 14.2 Å². The van der Waals surface area contributed by atoms with Crippen molar-refractivity contribution in [1.82, 2.24) is 9.13 Å². The first-order valence-electron chi connectivity index (χ1n) is 14.3. The highest BCUT2D eigenvalue weighted by Gasteiger charge is 2.19. The number of nitrogens with zero attached hydrogens (tertiary/aromatic N) is 2. The summed E-state index contributed by atoms with van der Waals surface area (Å²) >= 11 is 0. The molecule has 208 valence electrons. The van der Waals surface area contributed by atoms with Crippen LogP contribution < -0.4 is 14.2 Å². The standard InChI is InChI=1S/C38H28N2O3/c1-41-35-17-9-15-33-37(35)29-23-27(19-21-31(29)39(33)25-11-5-3-6-12-25)43-28-20-22-32-30(24-28)38-34(16-10-18-36(38)42-2)40(32)26-13-7-4-8-14-26/h3-24H,1-2H3. The molecule has 0 atom stereocenters. The van der Waals surface area contributed by atoms with Crippen LogP contribution in [-0.2, 0) is 0 Å². The minimum atomic E-state index is 0.753. The average Bonchev–Trinajstić information content (AvgIpc) is 3.58. The average molecular weight is 561 g/mol. The Balaban J connectivity index is 1.30. The quantitative estimate of drug-likeness (QED) is 0.203. The lowest BCUT2D eigenvalue weighted by molar-refractivity contribution is 0.420. The summed E-state index contributed by atoms with van der Waals surface area (Å²) in [5, 5.41) is 4.25. The maximum absolute atomic E-state index is 6.57. The smallest absolute Gasteiger partial charge is 0.128 e. The molecule has 2 aromatic heterocycles. The van der Waals surface area contributed by atoms with Crippen molar-refractivity contribution in [2.45, 2.75) is 0 Å². The van der Waals surface area contributed by atoms with Crippen molar-refractivity contribution in [2.75, 3.05) is 14.2 Å². The molecular formula is C38H28N2O3. The molecular weight excluding hydrogens is 532 g/mol. The number of ether oxygens (including phenoxy) is 3. The summed E-state index contributed by atoms with van der Waals surface area (Å²) in [6.45, 7) is 0. The highest BCUT2D eigenvalue weighted by Crippen LogP contribution is 2.42. The Morgan fingerprint density at radius 2 is 0.860 bits per heavy atom. The molecule has 0 aliphatic rings. The van der Waals surface area contributed by atoms with Gasteiger partial charge >= 0.3 is 0 Å². The zero-order chi connectivity index (χ0) is 28.9. The second kappa shape index (κ2) is 10.00. The third-order valence-electron chi connectivity index (χ3n) is 8.15. The summed E-state index contributed by atoms with van der Waals surface area (Å²) in [6, 6.07) is 45.7. The number of para-hydroxylation sites is 2.